The van der Waals surface area contributed by atoms with Crippen LogP contribution in [-0.4, -0.2) is 15.3 Å². The van der Waals surface area contributed by atoms with Gasteiger partial charge in [0.2, 0.25) is 0 Å². The molecule has 0 saturated heterocycles. The van der Waals surface area contributed by atoms with Crippen molar-refractivity contribution in [2.45, 2.75) is 19.3 Å². The molecule has 0 saturated carbocycles. The highest BCUT2D eigenvalue weighted by atomic mass is 35.5. The molecule has 0 aliphatic rings. The van der Waals surface area contributed by atoms with Crippen molar-refractivity contribution in [2.24, 2.45) is 0 Å². The van der Waals surface area contributed by atoms with Crippen molar-refractivity contribution in [3.8, 4) is 0 Å². The van der Waals surface area contributed by atoms with Crippen LogP contribution < -0.4 is 11.1 Å². The summed E-state index contributed by atoms with van der Waals surface area (Å²) in [6, 6.07) is 3.48. The summed E-state index contributed by atoms with van der Waals surface area (Å²) in [6.45, 7) is -1.70. The van der Waals surface area contributed by atoms with E-state index in [1.165, 1.54) is 6.07 Å². The van der Waals surface area contributed by atoms with Gasteiger partial charge >= 0.3 is 17.3 Å². The summed E-state index contributed by atoms with van der Waals surface area (Å²) >= 11 is 5.80. The largest absolute Gasteiger partial charge is 0.406 e. The van der Waals surface area contributed by atoms with Crippen LogP contribution in [0.3, 0.4) is 0 Å². The SMILES string of the molecule is O=c1c(=O)n(CC(F)(F)F)ccn1Cc1ccc(F)cc1Cl. The van der Waals surface area contributed by atoms with Crippen LogP contribution in [0.4, 0.5) is 17.6 Å². The third-order valence-electron chi connectivity index (χ3n) is 2.84. The minimum absolute atomic E-state index is 0.0476. The van der Waals surface area contributed by atoms with Crippen molar-refractivity contribution in [2.75, 3.05) is 0 Å². The zero-order valence-electron chi connectivity index (χ0n) is 10.9. The van der Waals surface area contributed by atoms with Gasteiger partial charge in [0.15, 0.2) is 0 Å². The summed E-state index contributed by atoms with van der Waals surface area (Å²) in [5.41, 5.74) is -2.05. The molecule has 0 bridgehead atoms. The predicted octanol–water partition coefficient (Wildman–Crippen LogP) is 2.41. The summed E-state index contributed by atoms with van der Waals surface area (Å²) in [5, 5.41) is 0.0476. The molecule has 0 spiro atoms. The average molecular weight is 337 g/mol. The van der Waals surface area contributed by atoms with Crippen LogP contribution in [0.5, 0.6) is 0 Å². The number of rotatable bonds is 3. The lowest BCUT2D eigenvalue weighted by atomic mass is 10.2. The Hall–Kier alpha value is -2.09. The van der Waals surface area contributed by atoms with Crippen LogP contribution in [0.15, 0.2) is 40.2 Å². The Morgan fingerprint density at radius 2 is 1.64 bits per heavy atom. The zero-order valence-corrected chi connectivity index (χ0v) is 11.7. The standard InChI is InChI=1S/C13H9ClF4N2O2/c14-10-5-9(15)2-1-8(10)6-19-3-4-20(7-13(16,17)18)12(22)11(19)21/h1-5H,6-7H2. The Morgan fingerprint density at radius 3 is 2.23 bits per heavy atom. The molecule has 1 aromatic heterocycles. The van der Waals surface area contributed by atoms with Gasteiger partial charge in [-0.3, -0.25) is 9.59 Å². The fourth-order valence-corrected chi connectivity index (χ4v) is 2.04. The van der Waals surface area contributed by atoms with Gasteiger partial charge in [-0.2, -0.15) is 13.2 Å². The molecule has 4 nitrogen and oxygen atoms in total. The minimum Gasteiger partial charge on any atom is -0.305 e. The van der Waals surface area contributed by atoms with E-state index in [2.05, 4.69) is 0 Å². The lowest BCUT2D eigenvalue weighted by Crippen LogP contribution is -2.42. The highest BCUT2D eigenvalue weighted by Crippen LogP contribution is 2.18. The minimum atomic E-state index is -4.61. The second kappa shape index (κ2) is 5.96. The van der Waals surface area contributed by atoms with Crippen LogP contribution >= 0.6 is 11.6 Å². The molecular formula is C13H9ClF4N2O2. The number of halogens is 5. The summed E-state index contributed by atoms with van der Waals surface area (Å²) in [6.07, 6.45) is -2.69. The number of hydrogen-bond acceptors (Lipinski definition) is 2. The van der Waals surface area contributed by atoms with Crippen molar-refractivity contribution in [1.82, 2.24) is 9.13 Å². The van der Waals surface area contributed by atoms with E-state index in [1.54, 1.807) is 0 Å². The second-order valence-corrected chi connectivity index (χ2v) is 4.92. The number of aromatic nitrogens is 2. The van der Waals surface area contributed by atoms with E-state index in [9.17, 15) is 27.2 Å². The van der Waals surface area contributed by atoms with Gasteiger partial charge in [-0.05, 0) is 17.7 Å². The summed E-state index contributed by atoms with van der Waals surface area (Å²) < 4.78 is 50.9. The smallest absolute Gasteiger partial charge is 0.305 e. The lowest BCUT2D eigenvalue weighted by Gasteiger charge is -2.11. The van der Waals surface area contributed by atoms with Crippen molar-refractivity contribution in [3.05, 3.63) is 67.7 Å². The van der Waals surface area contributed by atoms with Gasteiger partial charge in [0, 0.05) is 17.4 Å². The van der Waals surface area contributed by atoms with Gasteiger partial charge in [-0.25, -0.2) is 4.39 Å². The van der Waals surface area contributed by atoms with Gasteiger partial charge in [-0.1, -0.05) is 17.7 Å². The van der Waals surface area contributed by atoms with Gasteiger partial charge in [0.05, 0.1) is 6.54 Å². The van der Waals surface area contributed by atoms with E-state index in [1.807, 2.05) is 0 Å². The fraction of sp³-hybridized carbons (Fsp3) is 0.231. The molecule has 1 heterocycles. The maximum absolute atomic E-state index is 12.9. The third-order valence-corrected chi connectivity index (χ3v) is 3.19. The summed E-state index contributed by atoms with van der Waals surface area (Å²) in [5.74, 6) is -0.568. The molecule has 0 unspecified atom stereocenters. The van der Waals surface area contributed by atoms with Crippen molar-refractivity contribution >= 4 is 11.6 Å². The molecule has 0 aliphatic heterocycles. The van der Waals surface area contributed by atoms with E-state index in [-0.39, 0.29) is 16.1 Å². The highest BCUT2D eigenvalue weighted by Gasteiger charge is 2.28. The van der Waals surface area contributed by atoms with Gasteiger partial charge in [0.25, 0.3) is 0 Å². The van der Waals surface area contributed by atoms with E-state index in [0.717, 1.165) is 29.1 Å². The van der Waals surface area contributed by atoms with Gasteiger partial charge < -0.3 is 9.13 Å². The quantitative estimate of drug-likeness (QED) is 0.638. The average Bonchev–Trinajstić information content (AvgIpc) is 2.40. The molecule has 0 N–H and O–H groups in total. The Morgan fingerprint density at radius 1 is 1.05 bits per heavy atom. The topological polar surface area (TPSA) is 44.0 Å². The molecule has 22 heavy (non-hydrogen) atoms. The lowest BCUT2D eigenvalue weighted by molar-refractivity contribution is -0.141. The third kappa shape index (κ3) is 3.76. The van der Waals surface area contributed by atoms with Gasteiger partial charge in [-0.15, -0.1) is 0 Å². The van der Waals surface area contributed by atoms with Gasteiger partial charge in [0.1, 0.15) is 12.4 Å². The first kappa shape index (κ1) is 16.3. The monoisotopic (exact) mass is 336 g/mol. The first-order chi connectivity index (χ1) is 10.2. The summed E-state index contributed by atoms with van der Waals surface area (Å²) in [4.78, 5) is 23.4. The zero-order chi connectivity index (χ0) is 16.5. The van der Waals surface area contributed by atoms with Crippen molar-refractivity contribution in [1.29, 1.82) is 0 Å². The van der Waals surface area contributed by atoms with Crippen molar-refractivity contribution < 1.29 is 17.6 Å². The molecule has 0 aliphatic carbocycles. The molecule has 0 radical (unpaired) electrons. The van der Waals surface area contributed by atoms with Crippen molar-refractivity contribution in [3.63, 3.8) is 0 Å². The molecule has 0 fully saturated rings. The molecule has 2 rings (SSSR count). The Balaban J connectivity index is 2.36. The number of nitrogens with zero attached hydrogens (tertiary/aromatic N) is 2. The predicted molar refractivity (Wildman–Crippen MR) is 71.5 cm³/mol. The van der Waals surface area contributed by atoms with Crippen LogP contribution in [0.25, 0.3) is 0 Å². The van der Waals surface area contributed by atoms with Crippen LogP contribution in [0.1, 0.15) is 5.56 Å². The summed E-state index contributed by atoms with van der Waals surface area (Å²) in [7, 11) is 0. The Bertz CT molecular complexity index is 811. The first-order valence-corrected chi connectivity index (χ1v) is 6.36. The second-order valence-electron chi connectivity index (χ2n) is 4.52. The van der Waals surface area contributed by atoms with Crippen LogP contribution in [0, 0.1) is 5.82 Å². The fourth-order valence-electron chi connectivity index (χ4n) is 1.82. The molecule has 9 heteroatoms. The Labute approximate surface area is 126 Å². The maximum atomic E-state index is 12.9. The van der Waals surface area contributed by atoms with E-state index >= 15 is 0 Å². The number of alkyl halides is 3. The first-order valence-electron chi connectivity index (χ1n) is 5.98. The molecule has 1 aromatic carbocycles. The Kier molecular flexibility index (Phi) is 4.41. The van der Waals surface area contributed by atoms with E-state index in [0.29, 0.717) is 5.56 Å². The molecule has 118 valence electrons. The molecule has 0 atom stereocenters. The number of benzene rings is 1. The molecule has 2 aromatic rings. The molecule has 0 amide bonds. The van der Waals surface area contributed by atoms with Crippen LogP contribution in [0.2, 0.25) is 5.02 Å². The highest BCUT2D eigenvalue weighted by molar-refractivity contribution is 6.31. The maximum Gasteiger partial charge on any atom is 0.406 e. The van der Waals surface area contributed by atoms with Crippen LogP contribution in [-0.2, 0) is 13.1 Å². The molecular weight excluding hydrogens is 328 g/mol. The van der Waals surface area contributed by atoms with E-state index < -0.39 is 29.7 Å². The number of hydrogen-bond donors (Lipinski definition) is 0. The van der Waals surface area contributed by atoms with E-state index in [4.69, 9.17) is 11.6 Å². The normalized spacial score (nSPS) is 11.7.